The number of halogens is 6. The minimum Gasteiger partial charge on any atom is -0.266 e. The fourth-order valence-electron chi connectivity index (χ4n) is 3.92. The van der Waals surface area contributed by atoms with Crippen LogP contribution in [0.2, 0.25) is 0 Å². The molecule has 14 heteroatoms. The van der Waals surface area contributed by atoms with E-state index in [1.54, 1.807) is 0 Å². The Labute approximate surface area is 205 Å². The Hall–Kier alpha value is -1.90. The van der Waals surface area contributed by atoms with Crippen LogP contribution in [0.15, 0.2) is 52.3 Å². The molecule has 0 heterocycles. The average Bonchev–Trinajstić information content (AvgIpc) is 2.77. The van der Waals surface area contributed by atoms with Gasteiger partial charge in [0.15, 0.2) is 0 Å². The maximum atomic E-state index is 13.1. The van der Waals surface area contributed by atoms with E-state index in [9.17, 15) is 43.2 Å². The molecule has 1 saturated carbocycles. The number of rotatable bonds is 7. The fourth-order valence-corrected chi connectivity index (χ4v) is 6.26. The van der Waals surface area contributed by atoms with Gasteiger partial charge in [-0.15, -0.1) is 0 Å². The number of benzene rings is 1. The van der Waals surface area contributed by atoms with Crippen molar-refractivity contribution in [1.82, 2.24) is 4.72 Å². The molecule has 36 heavy (non-hydrogen) atoms. The van der Waals surface area contributed by atoms with Crippen LogP contribution < -0.4 is 4.72 Å². The van der Waals surface area contributed by atoms with Gasteiger partial charge < -0.3 is 0 Å². The van der Waals surface area contributed by atoms with Crippen LogP contribution in [0.3, 0.4) is 0 Å². The van der Waals surface area contributed by atoms with E-state index in [0.717, 1.165) is 37.3 Å². The second-order valence-electron chi connectivity index (χ2n) is 9.16. The molecule has 0 aromatic heterocycles. The average molecular weight is 562 g/mol. The molecule has 1 aromatic carbocycles. The third kappa shape index (κ3) is 6.69. The van der Waals surface area contributed by atoms with Crippen molar-refractivity contribution in [2.24, 2.45) is 11.3 Å². The minimum atomic E-state index is -4.60. The predicted molar refractivity (Wildman–Crippen MR) is 118 cm³/mol. The fraction of sp³-hybridized carbons (Fsp3) is 0.545. The summed E-state index contributed by atoms with van der Waals surface area (Å²) in [5, 5.41) is 0. The molecule has 1 N–H and O–H groups in total. The van der Waals surface area contributed by atoms with Gasteiger partial charge in [-0.3, -0.25) is 4.18 Å². The van der Waals surface area contributed by atoms with Crippen molar-refractivity contribution in [3.05, 3.63) is 53.0 Å². The standard InChI is InChI=1S/C22H25F6NO5S2/c1-20(22(26,27)28)12-10-18(11-13-20)35(30,31)29-17-6-2-15(3-7-17)14-34-36(32,33)19-8-4-16(5-9-19)21(23,24)25/h4-5,8-12,15,17,29H,2-3,6-7,13-14H2,1H3. The van der Waals surface area contributed by atoms with Crippen LogP contribution in [0.5, 0.6) is 0 Å². The molecule has 0 bridgehead atoms. The third-order valence-electron chi connectivity index (χ3n) is 6.40. The molecule has 0 spiro atoms. The normalized spacial score (nSPS) is 26.0. The lowest BCUT2D eigenvalue weighted by atomic mass is 9.83. The second-order valence-corrected chi connectivity index (χ2v) is 12.5. The molecule has 202 valence electrons. The molecule has 1 fully saturated rings. The van der Waals surface area contributed by atoms with Crippen molar-refractivity contribution in [3.8, 4) is 0 Å². The first-order valence-electron chi connectivity index (χ1n) is 11.0. The van der Waals surface area contributed by atoms with E-state index in [2.05, 4.69) is 4.72 Å². The predicted octanol–water partition coefficient (Wildman–Crippen LogP) is 5.30. The van der Waals surface area contributed by atoms with E-state index in [-0.39, 0.29) is 17.4 Å². The van der Waals surface area contributed by atoms with Gasteiger partial charge in [0.2, 0.25) is 10.0 Å². The molecule has 1 aromatic rings. The van der Waals surface area contributed by atoms with Gasteiger partial charge >= 0.3 is 12.4 Å². The number of alkyl halides is 6. The van der Waals surface area contributed by atoms with Crippen molar-refractivity contribution < 1.29 is 47.4 Å². The zero-order valence-electron chi connectivity index (χ0n) is 19.1. The Balaban J connectivity index is 1.50. The highest BCUT2D eigenvalue weighted by molar-refractivity contribution is 7.93. The van der Waals surface area contributed by atoms with Crippen molar-refractivity contribution in [2.75, 3.05) is 6.61 Å². The van der Waals surface area contributed by atoms with E-state index >= 15 is 0 Å². The molecule has 0 saturated heterocycles. The van der Waals surface area contributed by atoms with Gasteiger partial charge in [0.1, 0.15) is 0 Å². The third-order valence-corrected chi connectivity index (χ3v) is 9.26. The molecular formula is C22H25F6NO5S2. The van der Waals surface area contributed by atoms with E-state index in [1.165, 1.54) is 0 Å². The smallest absolute Gasteiger partial charge is 0.266 e. The minimum absolute atomic E-state index is 0.216. The summed E-state index contributed by atoms with van der Waals surface area (Å²) in [5.74, 6) is -0.226. The van der Waals surface area contributed by atoms with Gasteiger partial charge in [-0.2, -0.15) is 34.8 Å². The summed E-state index contributed by atoms with van der Waals surface area (Å²) in [6.45, 7) is 0.769. The lowest BCUT2D eigenvalue weighted by Gasteiger charge is -2.31. The molecular weight excluding hydrogens is 536 g/mol. The first-order valence-corrected chi connectivity index (χ1v) is 13.9. The van der Waals surface area contributed by atoms with E-state index in [0.29, 0.717) is 37.8 Å². The molecule has 2 aliphatic carbocycles. The highest BCUT2D eigenvalue weighted by atomic mass is 32.2. The van der Waals surface area contributed by atoms with Crippen LogP contribution in [0.25, 0.3) is 0 Å². The summed E-state index contributed by atoms with van der Waals surface area (Å²) < 4.78 is 135. The molecule has 1 atom stereocenters. The summed E-state index contributed by atoms with van der Waals surface area (Å²) in [6.07, 6.45) is -5.25. The van der Waals surface area contributed by atoms with Crippen LogP contribution in [0.4, 0.5) is 26.3 Å². The lowest BCUT2D eigenvalue weighted by Crippen LogP contribution is -2.39. The van der Waals surface area contributed by atoms with Crippen molar-refractivity contribution in [1.29, 1.82) is 0 Å². The topological polar surface area (TPSA) is 89.5 Å². The van der Waals surface area contributed by atoms with Gasteiger partial charge in [0.05, 0.1) is 27.4 Å². The van der Waals surface area contributed by atoms with Gasteiger partial charge in [-0.05, 0) is 75.3 Å². The quantitative estimate of drug-likeness (QED) is 0.361. The van der Waals surface area contributed by atoms with E-state index < -0.39 is 60.8 Å². The lowest BCUT2D eigenvalue weighted by molar-refractivity contribution is -0.199. The summed E-state index contributed by atoms with van der Waals surface area (Å²) in [5.41, 5.74) is -3.12. The van der Waals surface area contributed by atoms with E-state index in [1.807, 2.05) is 0 Å². The van der Waals surface area contributed by atoms with Gasteiger partial charge in [-0.25, -0.2) is 13.1 Å². The molecule has 0 aliphatic heterocycles. The Bertz CT molecular complexity index is 1210. The first kappa shape index (κ1) is 28.7. The number of hydrogen-bond donors (Lipinski definition) is 1. The van der Waals surface area contributed by atoms with Crippen LogP contribution in [-0.2, 0) is 30.5 Å². The zero-order valence-corrected chi connectivity index (χ0v) is 20.7. The zero-order chi connectivity index (χ0) is 27.0. The Morgan fingerprint density at radius 3 is 2.03 bits per heavy atom. The Kier molecular flexibility index (Phi) is 8.05. The molecule has 2 aliphatic rings. The molecule has 0 amide bonds. The molecule has 3 rings (SSSR count). The molecule has 0 radical (unpaired) electrons. The van der Waals surface area contributed by atoms with Gasteiger partial charge in [0, 0.05) is 6.04 Å². The SMILES string of the molecule is CC1(C(F)(F)F)C=CC(S(=O)(=O)NC2CCC(COS(=O)(=O)c3ccc(C(F)(F)F)cc3)CC2)=CC1. The largest absolute Gasteiger partial charge is 0.416 e. The van der Waals surface area contributed by atoms with Crippen LogP contribution in [-0.4, -0.2) is 35.7 Å². The Morgan fingerprint density at radius 1 is 0.972 bits per heavy atom. The number of nitrogens with one attached hydrogen (secondary N) is 1. The van der Waals surface area contributed by atoms with Crippen LogP contribution in [0.1, 0.15) is 44.6 Å². The highest BCUT2D eigenvalue weighted by Crippen LogP contribution is 2.45. The summed E-state index contributed by atoms with van der Waals surface area (Å²) in [7, 11) is -8.30. The highest BCUT2D eigenvalue weighted by Gasteiger charge is 2.49. The van der Waals surface area contributed by atoms with Crippen LogP contribution >= 0.6 is 0 Å². The van der Waals surface area contributed by atoms with Gasteiger partial charge in [-0.1, -0.05) is 12.2 Å². The van der Waals surface area contributed by atoms with Crippen molar-refractivity contribution in [2.45, 2.75) is 62.3 Å². The maximum absolute atomic E-state index is 13.1. The molecule has 1 unspecified atom stereocenters. The van der Waals surface area contributed by atoms with Gasteiger partial charge in [0.25, 0.3) is 10.1 Å². The molecule has 6 nitrogen and oxygen atoms in total. The number of hydrogen-bond acceptors (Lipinski definition) is 5. The monoisotopic (exact) mass is 561 g/mol. The second kappa shape index (κ2) is 10.1. The van der Waals surface area contributed by atoms with E-state index in [4.69, 9.17) is 4.18 Å². The number of allylic oxidation sites excluding steroid dienone is 3. The summed E-state index contributed by atoms with van der Waals surface area (Å²) in [4.78, 5) is -0.648. The van der Waals surface area contributed by atoms with Crippen molar-refractivity contribution in [3.63, 3.8) is 0 Å². The maximum Gasteiger partial charge on any atom is 0.416 e. The number of sulfonamides is 1. The first-order chi connectivity index (χ1) is 16.4. The summed E-state index contributed by atoms with van der Waals surface area (Å²) in [6, 6.07) is 2.44. The summed E-state index contributed by atoms with van der Waals surface area (Å²) >= 11 is 0. The van der Waals surface area contributed by atoms with Crippen LogP contribution in [0, 0.1) is 11.3 Å². The van der Waals surface area contributed by atoms with Crippen molar-refractivity contribution >= 4 is 20.1 Å². The Morgan fingerprint density at radius 2 is 1.56 bits per heavy atom.